The molecular weight excluding hydrogens is 545 g/mol. The molecule has 0 aromatic heterocycles. The third-order valence-electron chi connectivity index (χ3n) is 11.8. The van der Waals surface area contributed by atoms with Crippen molar-refractivity contribution >= 4 is 35.0 Å². The van der Waals surface area contributed by atoms with Gasteiger partial charge in [0.05, 0.1) is 0 Å². The zero-order chi connectivity index (χ0) is 30.4. The standard InChI is InChI=1S/C20H28O2.C18H36O2.Mg.2H/c1-19-9-3-4-16(19)15-6-5-14-12-13(18(21)22)7-11-20(14,2)17(15)8-10-19;1-2-3-4-5-6-7-8-9-10-11-12-13-14-15-16-17-18(19)20;;;/h5,12,15-17H,3-4,6-11H2,1-2H3,(H,21,22);2-17H2,1H3,(H,19,20);;;/q;;+2;2*-1/t15-,16-,17-,19-,20-;;;;/m0..../s1. The second-order valence-electron chi connectivity index (χ2n) is 14.8. The first kappa shape index (κ1) is 38.4. The van der Waals surface area contributed by atoms with Gasteiger partial charge in [0.1, 0.15) is 0 Å². The summed E-state index contributed by atoms with van der Waals surface area (Å²) in [7, 11) is 0. The molecule has 0 amide bonds. The Morgan fingerprint density at radius 2 is 1.35 bits per heavy atom. The van der Waals surface area contributed by atoms with E-state index < -0.39 is 11.9 Å². The van der Waals surface area contributed by atoms with E-state index in [1.165, 1.54) is 128 Å². The van der Waals surface area contributed by atoms with E-state index >= 15 is 0 Å². The molecule has 0 aromatic carbocycles. The van der Waals surface area contributed by atoms with E-state index in [4.69, 9.17) is 5.11 Å². The van der Waals surface area contributed by atoms with E-state index in [1.54, 1.807) is 0 Å². The molecule has 244 valence electrons. The van der Waals surface area contributed by atoms with Crippen LogP contribution >= 0.6 is 0 Å². The summed E-state index contributed by atoms with van der Waals surface area (Å²) in [5.74, 6) is 1.15. The van der Waals surface area contributed by atoms with Crippen molar-refractivity contribution in [3.05, 3.63) is 23.3 Å². The Kier molecular flexibility index (Phi) is 17.5. The number of carboxylic acids is 2. The molecule has 4 aliphatic carbocycles. The fourth-order valence-corrected chi connectivity index (χ4v) is 9.13. The maximum absolute atomic E-state index is 11.3. The number of carboxylic acid groups (broad SMARTS) is 2. The van der Waals surface area contributed by atoms with Crippen molar-refractivity contribution in [2.45, 2.75) is 175 Å². The van der Waals surface area contributed by atoms with Crippen LogP contribution in [0.25, 0.3) is 0 Å². The Balaban J connectivity index is 0.000000813. The Morgan fingerprint density at radius 3 is 1.88 bits per heavy atom. The van der Waals surface area contributed by atoms with E-state index in [0.717, 1.165) is 43.4 Å². The number of aliphatic carboxylic acids is 2. The van der Waals surface area contributed by atoms with Gasteiger partial charge in [-0.3, -0.25) is 4.79 Å². The number of rotatable bonds is 17. The van der Waals surface area contributed by atoms with Gasteiger partial charge < -0.3 is 13.1 Å². The number of hydrogen-bond donors (Lipinski definition) is 2. The first-order valence-corrected chi connectivity index (χ1v) is 18.1. The summed E-state index contributed by atoms with van der Waals surface area (Å²) in [6, 6.07) is 0. The van der Waals surface area contributed by atoms with Gasteiger partial charge in [-0.05, 0) is 91.6 Å². The predicted octanol–water partition coefficient (Wildman–Crippen LogP) is 11.1. The largest absolute Gasteiger partial charge is 2.00 e. The molecule has 43 heavy (non-hydrogen) atoms. The van der Waals surface area contributed by atoms with Crippen LogP contribution in [0.1, 0.15) is 178 Å². The summed E-state index contributed by atoms with van der Waals surface area (Å²) in [5, 5.41) is 17.8. The van der Waals surface area contributed by atoms with Crippen molar-refractivity contribution in [3.8, 4) is 0 Å². The van der Waals surface area contributed by atoms with Gasteiger partial charge in [-0.2, -0.15) is 0 Å². The number of unbranched alkanes of at least 4 members (excludes halogenated alkanes) is 14. The molecule has 0 heterocycles. The van der Waals surface area contributed by atoms with Crippen molar-refractivity contribution in [2.75, 3.05) is 0 Å². The molecule has 0 saturated heterocycles. The summed E-state index contributed by atoms with van der Waals surface area (Å²) >= 11 is 0. The van der Waals surface area contributed by atoms with E-state index in [-0.39, 0.29) is 31.3 Å². The Morgan fingerprint density at radius 1 is 0.791 bits per heavy atom. The Hall–Kier alpha value is -0.814. The fourth-order valence-electron chi connectivity index (χ4n) is 9.13. The van der Waals surface area contributed by atoms with Gasteiger partial charge in [-0.1, -0.05) is 123 Å². The van der Waals surface area contributed by atoms with Crippen LogP contribution in [0.5, 0.6) is 0 Å². The van der Waals surface area contributed by atoms with Gasteiger partial charge in [0, 0.05) is 12.0 Å². The van der Waals surface area contributed by atoms with E-state index in [9.17, 15) is 14.7 Å². The van der Waals surface area contributed by atoms with Gasteiger partial charge in [0.15, 0.2) is 0 Å². The minimum Gasteiger partial charge on any atom is -1.00 e. The third-order valence-corrected chi connectivity index (χ3v) is 11.8. The van der Waals surface area contributed by atoms with Gasteiger partial charge in [-0.15, -0.1) is 0 Å². The molecule has 2 fully saturated rings. The first-order chi connectivity index (χ1) is 20.2. The average Bonchev–Trinajstić information content (AvgIpc) is 3.36. The summed E-state index contributed by atoms with van der Waals surface area (Å²) < 4.78 is 0. The zero-order valence-corrected chi connectivity index (χ0v) is 29.7. The molecule has 0 unspecified atom stereocenters. The van der Waals surface area contributed by atoms with Crippen molar-refractivity contribution in [3.63, 3.8) is 0 Å². The molecule has 5 atom stereocenters. The van der Waals surface area contributed by atoms with Crippen LogP contribution in [-0.4, -0.2) is 45.2 Å². The smallest absolute Gasteiger partial charge is 1.00 e. The molecule has 2 saturated carbocycles. The van der Waals surface area contributed by atoms with Crippen LogP contribution in [-0.2, 0) is 9.59 Å². The second kappa shape index (κ2) is 19.6. The Bertz CT molecular complexity index is 921. The van der Waals surface area contributed by atoms with Gasteiger partial charge in [0.25, 0.3) is 0 Å². The van der Waals surface area contributed by atoms with E-state index in [2.05, 4.69) is 26.8 Å². The van der Waals surface area contributed by atoms with Crippen molar-refractivity contribution in [1.29, 1.82) is 0 Å². The summed E-state index contributed by atoms with van der Waals surface area (Å²) in [4.78, 5) is 21.6. The summed E-state index contributed by atoms with van der Waals surface area (Å²) in [5.41, 5.74) is 2.77. The molecule has 0 radical (unpaired) electrons. The molecule has 0 bridgehead atoms. The molecule has 0 aliphatic heterocycles. The quantitative estimate of drug-likeness (QED) is 0.127. The second-order valence-corrected chi connectivity index (χ2v) is 14.8. The van der Waals surface area contributed by atoms with Crippen LogP contribution in [0, 0.1) is 28.6 Å². The maximum atomic E-state index is 11.3. The van der Waals surface area contributed by atoms with E-state index in [0.29, 0.717) is 17.4 Å². The number of fused-ring (bicyclic) bond motifs is 5. The van der Waals surface area contributed by atoms with E-state index in [1.807, 2.05) is 6.08 Å². The first-order valence-electron chi connectivity index (χ1n) is 18.1. The maximum Gasteiger partial charge on any atom is 2.00 e. The molecule has 4 nitrogen and oxygen atoms in total. The van der Waals surface area contributed by atoms with Crippen molar-refractivity contribution in [2.24, 2.45) is 28.6 Å². The van der Waals surface area contributed by atoms with Gasteiger partial charge in [-0.25, -0.2) is 4.79 Å². The predicted molar refractivity (Wildman–Crippen MR) is 183 cm³/mol. The molecule has 0 spiro atoms. The monoisotopic (exact) mass is 610 g/mol. The zero-order valence-electron chi connectivity index (χ0n) is 30.3. The topological polar surface area (TPSA) is 74.6 Å². The van der Waals surface area contributed by atoms with Crippen LogP contribution < -0.4 is 0 Å². The molecule has 5 heteroatoms. The SMILES string of the molecule is CCCCCCCCCCCCCCCCCC(=O)O.C[C@@]12CCC[C@H]1[C@@H]1CC=C3C=C(C(=O)O)CC[C@]3(C)[C@H]1CC2.[H-].[H-].[Mg+2]. The fraction of sp³-hybridized carbons (Fsp3) is 0.842. The molecule has 4 rings (SSSR count). The molecule has 4 aliphatic rings. The number of hydrogen-bond acceptors (Lipinski definition) is 2. The minimum atomic E-state index is -0.725. The van der Waals surface area contributed by atoms with Crippen LogP contribution in [0.2, 0.25) is 0 Å². The number of allylic oxidation sites excluding steroid dienone is 3. The Labute approximate surface area is 283 Å². The van der Waals surface area contributed by atoms with Crippen LogP contribution in [0.4, 0.5) is 0 Å². The average molecular weight is 611 g/mol. The van der Waals surface area contributed by atoms with Crippen molar-refractivity contribution in [1.82, 2.24) is 0 Å². The van der Waals surface area contributed by atoms with Gasteiger partial charge >= 0.3 is 35.0 Å². The molecular formula is C38H66MgO4. The third kappa shape index (κ3) is 11.5. The molecule has 0 aromatic rings. The molecule has 2 N–H and O–H groups in total. The number of carbonyl (C=O) groups is 2. The van der Waals surface area contributed by atoms with Crippen molar-refractivity contribution < 1.29 is 22.7 Å². The van der Waals surface area contributed by atoms with Crippen LogP contribution in [0.3, 0.4) is 0 Å². The van der Waals surface area contributed by atoms with Gasteiger partial charge in [0.2, 0.25) is 0 Å². The van der Waals surface area contributed by atoms with Crippen LogP contribution in [0.15, 0.2) is 23.3 Å². The minimum absolute atomic E-state index is 0. The normalized spacial score (nSPS) is 29.0. The summed E-state index contributed by atoms with van der Waals surface area (Å²) in [6.45, 7) is 7.22. The summed E-state index contributed by atoms with van der Waals surface area (Å²) in [6.07, 6.45) is 34.6.